The van der Waals surface area contributed by atoms with Crippen LogP contribution in [0.1, 0.15) is 6.92 Å². The van der Waals surface area contributed by atoms with Gasteiger partial charge in [0.15, 0.2) is 0 Å². The van der Waals surface area contributed by atoms with E-state index in [4.69, 9.17) is 5.53 Å². The summed E-state index contributed by atoms with van der Waals surface area (Å²) in [5.74, 6) is -0.537. The molecular weight excluding hydrogens is 162 g/mol. The standard InChI is InChI=1S/C6H11N3O3/c1-5(8-9-7)6(10)12-4-3-11-2/h5H,3-4H2,1-2H3. The van der Waals surface area contributed by atoms with Crippen molar-refractivity contribution >= 4 is 5.97 Å². The van der Waals surface area contributed by atoms with Crippen LogP contribution in [0.15, 0.2) is 5.11 Å². The molecule has 0 bridgehead atoms. The highest BCUT2D eigenvalue weighted by atomic mass is 16.6. The van der Waals surface area contributed by atoms with Gasteiger partial charge in [-0.25, -0.2) is 0 Å². The second-order valence-electron chi connectivity index (χ2n) is 2.04. The maximum absolute atomic E-state index is 10.9. The molecular formula is C6H11N3O3. The molecule has 0 aliphatic heterocycles. The summed E-state index contributed by atoms with van der Waals surface area (Å²) in [6.07, 6.45) is 0. The summed E-state index contributed by atoms with van der Waals surface area (Å²) < 4.78 is 9.32. The van der Waals surface area contributed by atoms with Gasteiger partial charge < -0.3 is 9.47 Å². The van der Waals surface area contributed by atoms with Gasteiger partial charge in [0, 0.05) is 12.0 Å². The summed E-state index contributed by atoms with van der Waals surface area (Å²) in [7, 11) is 1.50. The van der Waals surface area contributed by atoms with Crippen molar-refractivity contribution < 1.29 is 14.3 Å². The molecule has 0 radical (unpaired) electrons. The van der Waals surface area contributed by atoms with E-state index < -0.39 is 12.0 Å². The highest BCUT2D eigenvalue weighted by molar-refractivity contribution is 5.75. The van der Waals surface area contributed by atoms with E-state index in [1.165, 1.54) is 14.0 Å². The molecule has 68 valence electrons. The number of ether oxygens (including phenoxy) is 2. The maximum Gasteiger partial charge on any atom is 0.314 e. The van der Waals surface area contributed by atoms with Crippen LogP contribution in [-0.4, -0.2) is 32.3 Å². The molecule has 6 nitrogen and oxygen atoms in total. The van der Waals surface area contributed by atoms with Crippen LogP contribution in [0, 0.1) is 0 Å². The first-order valence-electron chi connectivity index (χ1n) is 3.42. The Hall–Kier alpha value is -1.26. The summed E-state index contributed by atoms with van der Waals surface area (Å²) in [6, 6.07) is -0.771. The molecule has 0 rings (SSSR count). The summed E-state index contributed by atoms with van der Waals surface area (Å²) in [6.45, 7) is 1.99. The lowest BCUT2D eigenvalue weighted by Crippen LogP contribution is -2.19. The normalized spacial score (nSPS) is 11.5. The molecule has 12 heavy (non-hydrogen) atoms. The van der Waals surface area contributed by atoms with E-state index in [0.717, 1.165) is 0 Å². The predicted molar refractivity (Wildman–Crippen MR) is 41.4 cm³/mol. The monoisotopic (exact) mass is 173 g/mol. The van der Waals surface area contributed by atoms with E-state index in [1.54, 1.807) is 0 Å². The van der Waals surface area contributed by atoms with Crippen LogP contribution in [0.25, 0.3) is 10.4 Å². The predicted octanol–water partition coefficient (Wildman–Crippen LogP) is 0.875. The van der Waals surface area contributed by atoms with Crippen molar-refractivity contribution in [1.29, 1.82) is 0 Å². The smallest absolute Gasteiger partial charge is 0.314 e. The van der Waals surface area contributed by atoms with Gasteiger partial charge in [-0.05, 0) is 12.5 Å². The van der Waals surface area contributed by atoms with Crippen LogP contribution in [0.4, 0.5) is 0 Å². The molecule has 0 aliphatic carbocycles. The molecule has 0 spiro atoms. The van der Waals surface area contributed by atoms with E-state index in [0.29, 0.717) is 6.61 Å². The molecule has 0 N–H and O–H groups in total. The van der Waals surface area contributed by atoms with Gasteiger partial charge in [0.25, 0.3) is 0 Å². The van der Waals surface area contributed by atoms with Crippen LogP contribution >= 0.6 is 0 Å². The molecule has 0 aromatic rings. The Bertz CT molecular complexity index is 188. The van der Waals surface area contributed by atoms with E-state index in [-0.39, 0.29) is 6.61 Å². The van der Waals surface area contributed by atoms with Gasteiger partial charge in [-0.15, -0.1) is 0 Å². The third kappa shape index (κ3) is 4.54. The zero-order valence-corrected chi connectivity index (χ0v) is 7.06. The van der Waals surface area contributed by atoms with Gasteiger partial charge >= 0.3 is 5.97 Å². The molecule has 0 saturated carbocycles. The Labute approximate surface area is 70.1 Å². The average molecular weight is 173 g/mol. The first kappa shape index (κ1) is 10.7. The molecule has 1 atom stereocenters. The Morgan fingerprint density at radius 3 is 2.83 bits per heavy atom. The van der Waals surface area contributed by atoms with Crippen LogP contribution in [0.2, 0.25) is 0 Å². The van der Waals surface area contributed by atoms with E-state index in [1.807, 2.05) is 0 Å². The SMILES string of the molecule is COCCOC(=O)C(C)N=[N+]=[N-]. The zero-order chi connectivity index (χ0) is 9.40. The fourth-order valence-electron chi connectivity index (χ4n) is 0.471. The lowest BCUT2D eigenvalue weighted by molar-refractivity contribution is -0.145. The fraction of sp³-hybridized carbons (Fsp3) is 0.833. The van der Waals surface area contributed by atoms with Gasteiger partial charge in [-0.2, -0.15) is 0 Å². The van der Waals surface area contributed by atoms with Gasteiger partial charge in [0.05, 0.1) is 6.61 Å². The fourth-order valence-corrected chi connectivity index (χ4v) is 0.471. The molecule has 0 amide bonds. The number of hydrogen-bond donors (Lipinski definition) is 0. The number of nitrogens with zero attached hydrogens (tertiary/aromatic N) is 3. The first-order chi connectivity index (χ1) is 5.72. The van der Waals surface area contributed by atoms with Gasteiger partial charge in [-0.1, -0.05) is 5.11 Å². The van der Waals surface area contributed by atoms with Crippen molar-refractivity contribution in [3.63, 3.8) is 0 Å². The molecule has 6 heteroatoms. The molecule has 0 fully saturated rings. The second-order valence-corrected chi connectivity index (χ2v) is 2.04. The van der Waals surface area contributed by atoms with Crippen LogP contribution in [-0.2, 0) is 14.3 Å². The zero-order valence-electron chi connectivity index (χ0n) is 7.06. The van der Waals surface area contributed by atoms with Gasteiger partial charge in [-0.3, -0.25) is 4.79 Å². The summed E-state index contributed by atoms with van der Waals surface area (Å²) in [4.78, 5) is 13.3. The number of esters is 1. The highest BCUT2D eigenvalue weighted by Gasteiger charge is 2.11. The van der Waals surface area contributed by atoms with Crippen molar-refractivity contribution in [2.75, 3.05) is 20.3 Å². The molecule has 0 aliphatic rings. The molecule has 0 heterocycles. The van der Waals surface area contributed by atoms with Crippen molar-refractivity contribution in [2.45, 2.75) is 13.0 Å². The number of azide groups is 1. The van der Waals surface area contributed by atoms with E-state index in [2.05, 4.69) is 19.5 Å². The molecule has 0 aromatic heterocycles. The van der Waals surface area contributed by atoms with Crippen molar-refractivity contribution in [3.05, 3.63) is 10.4 Å². The summed E-state index contributed by atoms with van der Waals surface area (Å²) in [5, 5.41) is 3.17. The van der Waals surface area contributed by atoms with Crippen molar-refractivity contribution in [2.24, 2.45) is 5.11 Å². The Morgan fingerprint density at radius 1 is 1.67 bits per heavy atom. The number of carbonyl (C=O) groups is 1. The molecule has 0 saturated heterocycles. The minimum atomic E-state index is -0.771. The Kier molecular flexibility index (Phi) is 5.77. The van der Waals surface area contributed by atoms with Gasteiger partial charge in [0.1, 0.15) is 12.6 Å². The Morgan fingerprint density at radius 2 is 2.33 bits per heavy atom. The van der Waals surface area contributed by atoms with Gasteiger partial charge in [0.2, 0.25) is 0 Å². The lowest BCUT2D eigenvalue weighted by atomic mass is 10.4. The Balaban J connectivity index is 3.64. The lowest BCUT2D eigenvalue weighted by Gasteiger charge is -2.05. The molecule has 0 aromatic carbocycles. The van der Waals surface area contributed by atoms with Crippen LogP contribution in [0.3, 0.4) is 0 Å². The molecule has 1 unspecified atom stereocenters. The third-order valence-electron chi connectivity index (χ3n) is 1.10. The maximum atomic E-state index is 10.9. The van der Waals surface area contributed by atoms with E-state index in [9.17, 15) is 4.79 Å². The van der Waals surface area contributed by atoms with Crippen LogP contribution < -0.4 is 0 Å². The minimum absolute atomic E-state index is 0.181. The number of hydrogen-bond acceptors (Lipinski definition) is 4. The quantitative estimate of drug-likeness (QED) is 0.203. The largest absolute Gasteiger partial charge is 0.463 e. The summed E-state index contributed by atoms with van der Waals surface area (Å²) >= 11 is 0. The minimum Gasteiger partial charge on any atom is -0.463 e. The number of carbonyl (C=O) groups excluding carboxylic acids is 1. The number of rotatable bonds is 5. The topological polar surface area (TPSA) is 84.3 Å². The average Bonchev–Trinajstić information content (AvgIpc) is 2.05. The van der Waals surface area contributed by atoms with E-state index >= 15 is 0 Å². The van der Waals surface area contributed by atoms with Crippen LogP contribution in [0.5, 0.6) is 0 Å². The van der Waals surface area contributed by atoms with Crippen molar-refractivity contribution in [1.82, 2.24) is 0 Å². The van der Waals surface area contributed by atoms with Crippen molar-refractivity contribution in [3.8, 4) is 0 Å². The highest BCUT2D eigenvalue weighted by Crippen LogP contribution is 1.93. The third-order valence-corrected chi connectivity index (χ3v) is 1.10. The first-order valence-corrected chi connectivity index (χ1v) is 3.42. The second kappa shape index (κ2) is 6.45. The number of methoxy groups -OCH3 is 1. The summed E-state index contributed by atoms with van der Waals surface area (Å²) in [5.41, 5.74) is 7.98.